The molecule has 0 N–H and O–H groups in total. The van der Waals surface area contributed by atoms with Crippen molar-refractivity contribution in [1.29, 1.82) is 0 Å². The predicted molar refractivity (Wildman–Crippen MR) is 67.6 cm³/mol. The van der Waals surface area contributed by atoms with Crippen molar-refractivity contribution in [3.63, 3.8) is 0 Å². The number of benzene rings is 1. The first-order valence-corrected chi connectivity index (χ1v) is 6.28. The van der Waals surface area contributed by atoms with E-state index in [1.165, 1.54) is 43.1 Å². The van der Waals surface area contributed by atoms with E-state index in [4.69, 9.17) is 0 Å². The highest BCUT2D eigenvalue weighted by molar-refractivity contribution is 5.79. The minimum atomic E-state index is 0.790. The highest BCUT2D eigenvalue weighted by atomic mass is 14.6. The number of pyridine rings is 1. The second-order valence-electron chi connectivity index (χ2n) is 4.79. The zero-order valence-corrected chi connectivity index (χ0v) is 9.52. The van der Waals surface area contributed by atoms with Crippen LogP contribution in [0.4, 0.5) is 0 Å². The van der Waals surface area contributed by atoms with Gasteiger partial charge in [0, 0.05) is 11.6 Å². The third kappa shape index (κ3) is 1.82. The molecule has 1 aromatic heterocycles. The van der Waals surface area contributed by atoms with Crippen molar-refractivity contribution in [3.8, 4) is 0 Å². The Bertz CT molecular complexity index is 484. The molecule has 16 heavy (non-hydrogen) atoms. The molecule has 1 heteroatoms. The molecular formula is C15H17N. The van der Waals surface area contributed by atoms with Crippen LogP contribution in [0.1, 0.15) is 43.6 Å². The maximum atomic E-state index is 4.37. The summed E-state index contributed by atoms with van der Waals surface area (Å²) in [6.07, 6.45) is 8.82. The van der Waals surface area contributed by atoms with Crippen molar-refractivity contribution < 1.29 is 0 Å². The number of nitrogens with zero attached hydrogens (tertiary/aromatic N) is 1. The summed E-state index contributed by atoms with van der Waals surface area (Å²) in [4.78, 5) is 4.37. The zero-order valence-electron chi connectivity index (χ0n) is 9.52. The third-order valence-electron chi connectivity index (χ3n) is 3.70. The van der Waals surface area contributed by atoms with E-state index in [9.17, 15) is 0 Å². The number of fused-ring (bicyclic) bond motifs is 1. The van der Waals surface area contributed by atoms with Crippen molar-refractivity contribution in [2.45, 2.75) is 38.0 Å². The van der Waals surface area contributed by atoms with Crippen LogP contribution in [0.5, 0.6) is 0 Å². The molecule has 2 aromatic rings. The summed E-state index contributed by atoms with van der Waals surface area (Å²) in [5.74, 6) is 0.790. The molecule has 0 bridgehead atoms. The Balaban J connectivity index is 1.97. The number of hydrogen-bond donors (Lipinski definition) is 0. The van der Waals surface area contributed by atoms with E-state index in [1.807, 2.05) is 12.3 Å². The fourth-order valence-corrected chi connectivity index (χ4v) is 2.78. The Morgan fingerprint density at radius 3 is 2.75 bits per heavy atom. The molecule has 0 saturated heterocycles. The lowest BCUT2D eigenvalue weighted by Crippen LogP contribution is -2.04. The summed E-state index contributed by atoms with van der Waals surface area (Å²) in [7, 11) is 0. The van der Waals surface area contributed by atoms with Gasteiger partial charge in [0.25, 0.3) is 0 Å². The molecule has 0 spiro atoms. The highest BCUT2D eigenvalue weighted by Crippen LogP contribution is 2.33. The van der Waals surface area contributed by atoms with E-state index in [0.717, 1.165) is 11.4 Å². The molecule has 3 rings (SSSR count). The van der Waals surface area contributed by atoms with Gasteiger partial charge in [-0.25, -0.2) is 0 Å². The maximum absolute atomic E-state index is 4.37. The normalized spacial score (nSPS) is 17.8. The van der Waals surface area contributed by atoms with Crippen LogP contribution in [0.15, 0.2) is 36.5 Å². The lowest BCUT2D eigenvalue weighted by atomic mass is 9.84. The maximum Gasteiger partial charge on any atom is 0.0702 e. The number of rotatable bonds is 1. The molecule has 1 saturated carbocycles. The van der Waals surface area contributed by atoms with Gasteiger partial charge in [-0.1, -0.05) is 31.4 Å². The summed E-state index contributed by atoms with van der Waals surface area (Å²) < 4.78 is 0. The Morgan fingerprint density at radius 1 is 1.00 bits per heavy atom. The van der Waals surface area contributed by atoms with Crippen LogP contribution in [0.2, 0.25) is 0 Å². The molecule has 0 radical (unpaired) electrons. The first-order valence-electron chi connectivity index (χ1n) is 6.28. The Morgan fingerprint density at radius 2 is 1.88 bits per heavy atom. The van der Waals surface area contributed by atoms with E-state index in [2.05, 4.69) is 29.2 Å². The van der Waals surface area contributed by atoms with Crippen molar-refractivity contribution >= 4 is 10.9 Å². The van der Waals surface area contributed by atoms with Crippen molar-refractivity contribution in [1.82, 2.24) is 4.98 Å². The van der Waals surface area contributed by atoms with Gasteiger partial charge in [0.15, 0.2) is 0 Å². The van der Waals surface area contributed by atoms with Gasteiger partial charge in [-0.2, -0.15) is 0 Å². The highest BCUT2D eigenvalue weighted by Gasteiger charge is 2.15. The minimum absolute atomic E-state index is 0.790. The topological polar surface area (TPSA) is 12.9 Å². The molecule has 0 unspecified atom stereocenters. The van der Waals surface area contributed by atoms with Gasteiger partial charge in [0.05, 0.1) is 5.52 Å². The van der Waals surface area contributed by atoms with Gasteiger partial charge < -0.3 is 0 Å². The number of aromatic nitrogens is 1. The molecule has 1 fully saturated rings. The minimum Gasteiger partial charge on any atom is -0.256 e. The Hall–Kier alpha value is -1.37. The summed E-state index contributed by atoms with van der Waals surface area (Å²) in [5, 5.41) is 1.28. The van der Waals surface area contributed by atoms with Crippen LogP contribution in [-0.2, 0) is 0 Å². The smallest absolute Gasteiger partial charge is 0.0702 e. The van der Waals surface area contributed by atoms with E-state index >= 15 is 0 Å². The van der Waals surface area contributed by atoms with Crippen LogP contribution < -0.4 is 0 Å². The second-order valence-corrected chi connectivity index (χ2v) is 4.79. The van der Waals surface area contributed by atoms with Gasteiger partial charge in [0.2, 0.25) is 0 Å². The summed E-state index contributed by atoms with van der Waals surface area (Å²) in [6.45, 7) is 0. The number of hydrogen-bond acceptors (Lipinski definition) is 1. The fourth-order valence-electron chi connectivity index (χ4n) is 2.78. The molecule has 82 valence electrons. The van der Waals surface area contributed by atoms with Gasteiger partial charge >= 0.3 is 0 Å². The van der Waals surface area contributed by atoms with Crippen LogP contribution >= 0.6 is 0 Å². The van der Waals surface area contributed by atoms with E-state index in [0.29, 0.717) is 0 Å². The third-order valence-corrected chi connectivity index (χ3v) is 3.70. The molecule has 1 nitrogen and oxygen atoms in total. The molecule has 1 heterocycles. The largest absolute Gasteiger partial charge is 0.256 e. The van der Waals surface area contributed by atoms with Gasteiger partial charge in [-0.3, -0.25) is 4.98 Å². The zero-order chi connectivity index (χ0) is 10.8. The predicted octanol–water partition coefficient (Wildman–Crippen LogP) is 4.28. The lowest BCUT2D eigenvalue weighted by Gasteiger charge is -2.22. The van der Waals surface area contributed by atoms with Crippen LogP contribution in [0, 0.1) is 0 Å². The van der Waals surface area contributed by atoms with E-state index in [-0.39, 0.29) is 0 Å². The average molecular weight is 211 g/mol. The van der Waals surface area contributed by atoms with Crippen LogP contribution in [0.25, 0.3) is 10.9 Å². The fraction of sp³-hybridized carbons (Fsp3) is 0.400. The standard InChI is InChI=1S/C15H17N/c1-2-5-12(6-3-1)13-8-9-15-14(11-13)7-4-10-16-15/h4,7-12H,1-3,5-6H2. The van der Waals surface area contributed by atoms with Gasteiger partial charge in [-0.15, -0.1) is 0 Å². The quantitative estimate of drug-likeness (QED) is 0.686. The first-order chi connectivity index (χ1) is 7.93. The van der Waals surface area contributed by atoms with Crippen LogP contribution in [-0.4, -0.2) is 4.98 Å². The SMILES string of the molecule is c1cnc2ccc(C3CCCCC3)cc2c1. The van der Waals surface area contributed by atoms with Crippen molar-refractivity contribution in [2.24, 2.45) is 0 Å². The molecule has 0 aliphatic heterocycles. The molecule has 0 amide bonds. The summed E-state index contributed by atoms with van der Waals surface area (Å²) in [5.41, 5.74) is 2.63. The molecule has 1 aromatic carbocycles. The van der Waals surface area contributed by atoms with Crippen molar-refractivity contribution in [2.75, 3.05) is 0 Å². The summed E-state index contributed by atoms with van der Waals surface area (Å²) >= 11 is 0. The lowest BCUT2D eigenvalue weighted by molar-refractivity contribution is 0.444. The summed E-state index contributed by atoms with van der Waals surface area (Å²) in [6, 6.07) is 10.9. The van der Waals surface area contributed by atoms with E-state index < -0.39 is 0 Å². The van der Waals surface area contributed by atoms with Crippen LogP contribution in [0.3, 0.4) is 0 Å². The second kappa shape index (κ2) is 4.25. The Kier molecular flexibility index (Phi) is 2.61. The van der Waals surface area contributed by atoms with Gasteiger partial charge in [-0.05, 0) is 42.5 Å². The molecule has 1 aliphatic rings. The van der Waals surface area contributed by atoms with Crippen molar-refractivity contribution in [3.05, 3.63) is 42.1 Å². The van der Waals surface area contributed by atoms with E-state index in [1.54, 1.807) is 0 Å². The molecule has 0 atom stereocenters. The van der Waals surface area contributed by atoms with Gasteiger partial charge in [0.1, 0.15) is 0 Å². The molecule has 1 aliphatic carbocycles. The Labute approximate surface area is 96.5 Å². The molecular weight excluding hydrogens is 194 g/mol. The average Bonchev–Trinajstić information content (AvgIpc) is 2.39. The monoisotopic (exact) mass is 211 g/mol. The first kappa shape index (κ1) is 9.83.